The molecule has 1 N–H and O–H groups in total. The van der Waals surface area contributed by atoms with Crippen molar-refractivity contribution in [2.45, 2.75) is 26.2 Å². The highest BCUT2D eigenvalue weighted by atomic mass is 35.5. The Balaban J connectivity index is 1.54. The number of anilines is 1. The number of rotatable bonds is 7. The van der Waals surface area contributed by atoms with E-state index < -0.39 is 10.8 Å². The number of benzene rings is 3. The van der Waals surface area contributed by atoms with Crippen molar-refractivity contribution >= 4 is 46.1 Å². The highest BCUT2D eigenvalue weighted by Gasteiger charge is 2.13. The Labute approximate surface area is 201 Å². The molecule has 0 fully saturated rings. The average molecular weight is 476 g/mol. The quantitative estimate of drug-likeness (QED) is 0.173. The molecule has 34 heavy (non-hydrogen) atoms. The minimum atomic E-state index is -0.486. The lowest BCUT2D eigenvalue weighted by Crippen LogP contribution is -2.08. The van der Waals surface area contributed by atoms with E-state index in [0.29, 0.717) is 39.2 Å². The lowest BCUT2D eigenvalue weighted by atomic mass is 9.98. The zero-order chi connectivity index (χ0) is 24.2. The van der Waals surface area contributed by atoms with Gasteiger partial charge in [0, 0.05) is 23.8 Å². The van der Waals surface area contributed by atoms with Crippen LogP contribution in [0, 0.1) is 10.1 Å². The fourth-order valence-electron chi connectivity index (χ4n) is 3.45. The largest absolute Gasteiger partial charge is 0.436 e. The number of amides is 1. The van der Waals surface area contributed by atoms with Crippen LogP contribution in [0.4, 0.5) is 11.4 Å². The number of halogens is 1. The molecule has 1 amide bonds. The number of nitrogens with zero attached hydrogens (tertiary/aromatic N) is 2. The molecule has 1 atom stereocenters. The van der Waals surface area contributed by atoms with Crippen molar-refractivity contribution in [2.75, 3.05) is 5.32 Å². The third kappa shape index (κ3) is 5.15. The molecule has 1 heterocycles. The molecule has 0 bridgehead atoms. The first kappa shape index (κ1) is 23.2. The third-order valence-electron chi connectivity index (χ3n) is 5.57. The summed E-state index contributed by atoms with van der Waals surface area (Å²) in [5.41, 5.74) is 4.21. The van der Waals surface area contributed by atoms with Gasteiger partial charge >= 0.3 is 0 Å². The molecular formula is C26H22ClN3O4. The molecule has 0 saturated heterocycles. The van der Waals surface area contributed by atoms with Gasteiger partial charge in [0.2, 0.25) is 11.8 Å². The molecule has 0 aliphatic heterocycles. The molecule has 7 nitrogen and oxygen atoms in total. The van der Waals surface area contributed by atoms with E-state index in [9.17, 15) is 14.9 Å². The maximum Gasteiger partial charge on any atom is 0.270 e. The van der Waals surface area contributed by atoms with Crippen molar-refractivity contribution < 1.29 is 14.1 Å². The number of carbonyl (C=O) groups excluding carboxylic acids is 1. The molecule has 8 heteroatoms. The lowest BCUT2D eigenvalue weighted by molar-refractivity contribution is -0.384. The van der Waals surface area contributed by atoms with Crippen LogP contribution in [0.2, 0.25) is 5.02 Å². The van der Waals surface area contributed by atoms with E-state index in [-0.39, 0.29) is 5.69 Å². The van der Waals surface area contributed by atoms with Crippen LogP contribution in [0.15, 0.2) is 71.2 Å². The van der Waals surface area contributed by atoms with Crippen LogP contribution in [0.3, 0.4) is 0 Å². The number of oxazole rings is 1. The van der Waals surface area contributed by atoms with Crippen molar-refractivity contribution in [1.29, 1.82) is 0 Å². The Morgan fingerprint density at radius 1 is 1.21 bits per heavy atom. The number of hydrogen-bond acceptors (Lipinski definition) is 5. The second kappa shape index (κ2) is 9.89. The van der Waals surface area contributed by atoms with Gasteiger partial charge in [-0.15, -0.1) is 0 Å². The van der Waals surface area contributed by atoms with Gasteiger partial charge in [-0.05, 0) is 59.9 Å². The SMILES string of the molecule is CCC(C)c1ccc2oc(-c3ccc(Cl)c(NC(=O)C=Cc4cccc([N+](=O)[O-])c4)c3)nc2c1. The summed E-state index contributed by atoms with van der Waals surface area (Å²) in [6.07, 6.45) is 3.82. The summed E-state index contributed by atoms with van der Waals surface area (Å²) in [4.78, 5) is 27.5. The van der Waals surface area contributed by atoms with Crippen LogP contribution >= 0.6 is 11.6 Å². The number of fused-ring (bicyclic) bond motifs is 1. The first-order chi connectivity index (χ1) is 16.3. The number of aromatic nitrogens is 1. The molecule has 1 unspecified atom stereocenters. The predicted octanol–water partition coefficient (Wildman–Crippen LogP) is 7.22. The summed E-state index contributed by atoms with van der Waals surface area (Å²) in [5.74, 6) is 0.425. The van der Waals surface area contributed by atoms with Crippen LogP contribution < -0.4 is 5.32 Å². The Hall–Kier alpha value is -3.97. The first-order valence-corrected chi connectivity index (χ1v) is 11.2. The summed E-state index contributed by atoms with van der Waals surface area (Å²) < 4.78 is 5.92. The van der Waals surface area contributed by atoms with E-state index in [1.807, 2.05) is 18.2 Å². The summed E-state index contributed by atoms with van der Waals surface area (Å²) in [6.45, 7) is 4.31. The molecule has 4 rings (SSSR count). The van der Waals surface area contributed by atoms with Crippen LogP contribution in [-0.2, 0) is 4.79 Å². The van der Waals surface area contributed by atoms with Crippen LogP contribution in [0.1, 0.15) is 37.3 Å². The number of nitro benzene ring substituents is 1. The van der Waals surface area contributed by atoms with E-state index in [2.05, 4.69) is 24.1 Å². The first-order valence-electron chi connectivity index (χ1n) is 10.8. The van der Waals surface area contributed by atoms with E-state index in [1.165, 1.54) is 29.8 Å². The Bertz CT molecular complexity index is 1410. The molecule has 172 valence electrons. The molecule has 0 spiro atoms. The van der Waals surface area contributed by atoms with Gasteiger partial charge < -0.3 is 9.73 Å². The minimum Gasteiger partial charge on any atom is -0.436 e. The maximum absolute atomic E-state index is 12.4. The van der Waals surface area contributed by atoms with Crippen molar-refractivity contribution in [3.05, 3.63) is 93.0 Å². The second-order valence-electron chi connectivity index (χ2n) is 7.92. The van der Waals surface area contributed by atoms with E-state index >= 15 is 0 Å². The summed E-state index contributed by atoms with van der Waals surface area (Å²) in [7, 11) is 0. The molecule has 3 aromatic carbocycles. The Morgan fingerprint density at radius 2 is 2.03 bits per heavy atom. The lowest BCUT2D eigenvalue weighted by Gasteiger charge is -2.07. The van der Waals surface area contributed by atoms with Gasteiger partial charge in [-0.25, -0.2) is 4.98 Å². The molecule has 0 aliphatic rings. The number of hydrogen-bond donors (Lipinski definition) is 1. The normalized spacial score (nSPS) is 12.2. The number of non-ortho nitro benzene ring substituents is 1. The number of nitrogens with one attached hydrogen (secondary N) is 1. The molecule has 0 radical (unpaired) electrons. The molecule has 0 aliphatic carbocycles. The number of carbonyl (C=O) groups is 1. The highest BCUT2D eigenvalue weighted by Crippen LogP contribution is 2.32. The van der Waals surface area contributed by atoms with Gasteiger partial charge in [-0.3, -0.25) is 14.9 Å². The average Bonchev–Trinajstić information content (AvgIpc) is 3.27. The van der Waals surface area contributed by atoms with Crippen LogP contribution in [0.25, 0.3) is 28.6 Å². The third-order valence-corrected chi connectivity index (χ3v) is 5.90. The fraction of sp³-hybridized carbons (Fsp3) is 0.154. The second-order valence-corrected chi connectivity index (χ2v) is 8.33. The predicted molar refractivity (Wildman–Crippen MR) is 134 cm³/mol. The molecular weight excluding hydrogens is 454 g/mol. The van der Waals surface area contributed by atoms with E-state index in [0.717, 1.165) is 11.9 Å². The standard InChI is InChI=1S/C26H22ClN3O4/c1-3-16(2)18-9-11-24-23(14-18)29-26(34-24)19-8-10-21(27)22(15-19)28-25(31)12-7-17-5-4-6-20(13-17)30(32)33/h4-16H,3H2,1-2H3,(H,28,31). The number of nitro groups is 1. The fourth-order valence-corrected chi connectivity index (χ4v) is 3.62. The van der Waals surface area contributed by atoms with E-state index in [1.54, 1.807) is 30.3 Å². The van der Waals surface area contributed by atoms with Crippen molar-refractivity contribution in [3.63, 3.8) is 0 Å². The smallest absolute Gasteiger partial charge is 0.270 e. The van der Waals surface area contributed by atoms with Crippen molar-refractivity contribution in [2.24, 2.45) is 0 Å². The Morgan fingerprint density at radius 3 is 2.79 bits per heavy atom. The van der Waals surface area contributed by atoms with Gasteiger partial charge in [-0.2, -0.15) is 0 Å². The van der Waals surface area contributed by atoms with Crippen molar-refractivity contribution in [1.82, 2.24) is 4.98 Å². The monoisotopic (exact) mass is 475 g/mol. The van der Waals surface area contributed by atoms with Gasteiger partial charge in [0.15, 0.2) is 5.58 Å². The molecule has 4 aromatic rings. The summed E-state index contributed by atoms with van der Waals surface area (Å²) in [5, 5.41) is 14.0. The van der Waals surface area contributed by atoms with Crippen LogP contribution in [-0.4, -0.2) is 15.8 Å². The zero-order valence-corrected chi connectivity index (χ0v) is 19.4. The topological polar surface area (TPSA) is 98.3 Å². The Kier molecular flexibility index (Phi) is 6.75. The van der Waals surface area contributed by atoms with Gasteiger partial charge in [0.05, 0.1) is 15.6 Å². The van der Waals surface area contributed by atoms with Crippen LogP contribution in [0.5, 0.6) is 0 Å². The molecule has 0 saturated carbocycles. The van der Waals surface area contributed by atoms with Gasteiger partial charge in [0.1, 0.15) is 5.52 Å². The van der Waals surface area contributed by atoms with E-state index in [4.69, 9.17) is 16.0 Å². The molecule has 1 aromatic heterocycles. The van der Waals surface area contributed by atoms with Crippen molar-refractivity contribution in [3.8, 4) is 11.5 Å². The van der Waals surface area contributed by atoms with Gasteiger partial charge in [-0.1, -0.05) is 43.6 Å². The highest BCUT2D eigenvalue weighted by molar-refractivity contribution is 6.34. The summed E-state index contributed by atoms with van der Waals surface area (Å²) >= 11 is 6.29. The van der Waals surface area contributed by atoms with Gasteiger partial charge in [0.25, 0.3) is 5.69 Å². The maximum atomic E-state index is 12.4. The minimum absolute atomic E-state index is 0.0482. The zero-order valence-electron chi connectivity index (χ0n) is 18.6. The summed E-state index contributed by atoms with van der Waals surface area (Å²) in [6, 6.07) is 17.1.